The Bertz CT molecular complexity index is 522. The highest BCUT2D eigenvalue weighted by molar-refractivity contribution is 5.15. The highest BCUT2D eigenvalue weighted by Crippen LogP contribution is 2.17. The lowest BCUT2D eigenvalue weighted by atomic mass is 10.0. The van der Waals surface area contributed by atoms with Gasteiger partial charge in [-0.25, -0.2) is 0 Å². The summed E-state index contributed by atoms with van der Waals surface area (Å²) in [5.41, 5.74) is 2.56. The highest BCUT2D eigenvalue weighted by atomic mass is 16.5. The van der Waals surface area contributed by atoms with Crippen LogP contribution in [0.1, 0.15) is 25.0 Å². The minimum atomic E-state index is 0.00459. The quantitative estimate of drug-likeness (QED) is 0.758. The van der Waals surface area contributed by atoms with E-state index in [1.165, 1.54) is 11.1 Å². The molecule has 0 amide bonds. The van der Waals surface area contributed by atoms with Gasteiger partial charge in [-0.2, -0.15) is 0 Å². The Hall–Kier alpha value is -1.64. The Morgan fingerprint density at radius 1 is 0.857 bits per heavy atom. The van der Waals surface area contributed by atoms with Crippen LogP contribution in [0.3, 0.4) is 0 Å². The van der Waals surface area contributed by atoms with Gasteiger partial charge in [0.2, 0.25) is 0 Å². The molecule has 2 aromatic rings. The molecule has 2 rings (SSSR count). The largest absolute Gasteiger partial charge is 0.375 e. The Balaban J connectivity index is 1.83. The summed E-state index contributed by atoms with van der Waals surface area (Å²) in [6.07, 6.45) is 0. The summed E-state index contributed by atoms with van der Waals surface area (Å²) in [5, 5.41) is 0. The molecule has 0 unspecified atom stereocenters. The van der Waals surface area contributed by atoms with Crippen LogP contribution in [0.4, 0.5) is 0 Å². The molecule has 0 aromatic heterocycles. The van der Waals surface area contributed by atoms with Gasteiger partial charge in [0.25, 0.3) is 0 Å². The predicted molar refractivity (Wildman–Crippen MR) is 88.1 cm³/mol. The second-order valence-electron chi connectivity index (χ2n) is 6.13. The molecule has 0 aliphatic carbocycles. The van der Waals surface area contributed by atoms with Crippen LogP contribution in [0.15, 0.2) is 60.7 Å². The zero-order chi connectivity index (χ0) is 15.1. The molecule has 2 aromatic carbocycles. The van der Waals surface area contributed by atoms with Gasteiger partial charge in [-0.1, -0.05) is 60.7 Å². The van der Waals surface area contributed by atoms with Crippen molar-refractivity contribution in [2.24, 2.45) is 0 Å². The third-order valence-electron chi connectivity index (χ3n) is 3.86. The van der Waals surface area contributed by atoms with Crippen molar-refractivity contribution in [3.63, 3.8) is 0 Å². The van der Waals surface area contributed by atoms with Crippen molar-refractivity contribution in [1.82, 2.24) is 4.90 Å². The second kappa shape index (κ2) is 7.39. The normalized spacial score (nSPS) is 11.8. The standard InChI is InChI=1S/C19H25NO/c1-19(2,16-21-15-18-12-8-5-9-13-18)20(3)14-17-10-6-4-7-11-17/h4-13H,14-16H2,1-3H3. The lowest BCUT2D eigenvalue weighted by Crippen LogP contribution is -2.44. The van der Waals surface area contributed by atoms with Crippen molar-refractivity contribution >= 4 is 0 Å². The molecule has 0 radical (unpaired) electrons. The molecule has 0 fully saturated rings. The Morgan fingerprint density at radius 2 is 1.38 bits per heavy atom. The maximum absolute atomic E-state index is 5.90. The fourth-order valence-corrected chi connectivity index (χ4v) is 2.17. The smallest absolute Gasteiger partial charge is 0.0717 e. The number of nitrogens with zero attached hydrogens (tertiary/aromatic N) is 1. The maximum atomic E-state index is 5.90. The number of hydrogen-bond donors (Lipinski definition) is 0. The lowest BCUT2D eigenvalue weighted by molar-refractivity contribution is 0.0131. The average molecular weight is 283 g/mol. The topological polar surface area (TPSA) is 12.5 Å². The van der Waals surface area contributed by atoms with Crippen LogP contribution in [0.5, 0.6) is 0 Å². The molecule has 2 heteroatoms. The van der Waals surface area contributed by atoms with Gasteiger partial charge in [-0.05, 0) is 32.0 Å². The minimum absolute atomic E-state index is 0.00459. The highest BCUT2D eigenvalue weighted by Gasteiger charge is 2.23. The number of rotatable bonds is 7. The van der Waals surface area contributed by atoms with Crippen molar-refractivity contribution in [2.45, 2.75) is 32.5 Å². The minimum Gasteiger partial charge on any atom is -0.375 e. The van der Waals surface area contributed by atoms with Crippen LogP contribution in [0, 0.1) is 0 Å². The van der Waals surface area contributed by atoms with Crippen molar-refractivity contribution in [3.05, 3.63) is 71.8 Å². The Kier molecular flexibility index (Phi) is 5.54. The summed E-state index contributed by atoms with van der Waals surface area (Å²) in [5.74, 6) is 0. The van der Waals surface area contributed by atoms with Gasteiger partial charge in [0.15, 0.2) is 0 Å². The van der Waals surface area contributed by atoms with E-state index in [-0.39, 0.29) is 5.54 Å². The summed E-state index contributed by atoms with van der Waals surface area (Å²) in [4.78, 5) is 2.34. The van der Waals surface area contributed by atoms with E-state index in [0.717, 1.165) is 6.54 Å². The number of ether oxygens (including phenoxy) is 1. The molecule has 0 N–H and O–H groups in total. The first-order chi connectivity index (χ1) is 10.1. The molecular weight excluding hydrogens is 258 g/mol. The van der Waals surface area contributed by atoms with E-state index in [1.54, 1.807) is 0 Å². The van der Waals surface area contributed by atoms with Crippen LogP contribution in [-0.4, -0.2) is 24.1 Å². The summed E-state index contributed by atoms with van der Waals surface area (Å²) in [6, 6.07) is 20.9. The van der Waals surface area contributed by atoms with Crippen molar-refractivity contribution < 1.29 is 4.74 Å². The number of benzene rings is 2. The van der Waals surface area contributed by atoms with Crippen LogP contribution in [0.25, 0.3) is 0 Å². The molecule has 0 atom stereocenters. The first-order valence-corrected chi connectivity index (χ1v) is 7.45. The summed E-state index contributed by atoms with van der Waals surface area (Å²) >= 11 is 0. The van der Waals surface area contributed by atoms with E-state index in [1.807, 2.05) is 18.2 Å². The van der Waals surface area contributed by atoms with E-state index < -0.39 is 0 Å². The first kappa shape index (κ1) is 15.7. The molecule has 0 spiro atoms. The van der Waals surface area contributed by atoms with Crippen LogP contribution < -0.4 is 0 Å². The zero-order valence-electron chi connectivity index (χ0n) is 13.3. The van der Waals surface area contributed by atoms with E-state index in [0.29, 0.717) is 13.2 Å². The number of hydrogen-bond acceptors (Lipinski definition) is 2. The molecule has 2 nitrogen and oxygen atoms in total. The van der Waals surface area contributed by atoms with E-state index >= 15 is 0 Å². The fourth-order valence-electron chi connectivity index (χ4n) is 2.17. The molecule has 0 aliphatic rings. The Labute approximate surface area is 128 Å². The van der Waals surface area contributed by atoms with E-state index in [4.69, 9.17) is 4.74 Å². The SMILES string of the molecule is CN(Cc1ccccc1)C(C)(C)COCc1ccccc1. The van der Waals surface area contributed by atoms with Gasteiger partial charge in [-0.15, -0.1) is 0 Å². The van der Waals surface area contributed by atoms with E-state index in [9.17, 15) is 0 Å². The zero-order valence-corrected chi connectivity index (χ0v) is 13.3. The van der Waals surface area contributed by atoms with Crippen molar-refractivity contribution in [3.8, 4) is 0 Å². The summed E-state index contributed by atoms with van der Waals surface area (Å²) < 4.78 is 5.90. The molecule has 0 bridgehead atoms. The molecule has 0 saturated carbocycles. The average Bonchev–Trinajstić information content (AvgIpc) is 2.49. The van der Waals surface area contributed by atoms with Gasteiger partial charge in [0, 0.05) is 12.1 Å². The second-order valence-corrected chi connectivity index (χ2v) is 6.13. The first-order valence-electron chi connectivity index (χ1n) is 7.45. The molecule has 21 heavy (non-hydrogen) atoms. The maximum Gasteiger partial charge on any atom is 0.0717 e. The van der Waals surface area contributed by atoms with Gasteiger partial charge in [-0.3, -0.25) is 4.90 Å². The van der Waals surface area contributed by atoms with Crippen LogP contribution >= 0.6 is 0 Å². The fraction of sp³-hybridized carbons (Fsp3) is 0.368. The monoisotopic (exact) mass is 283 g/mol. The molecular formula is C19H25NO. The molecule has 112 valence electrons. The third kappa shape index (κ3) is 5.00. The lowest BCUT2D eigenvalue weighted by Gasteiger charge is -2.35. The molecule has 0 heterocycles. The van der Waals surface area contributed by atoms with Gasteiger partial charge < -0.3 is 4.74 Å². The van der Waals surface area contributed by atoms with Crippen LogP contribution in [0.2, 0.25) is 0 Å². The number of likely N-dealkylation sites (N-methyl/N-ethyl adjacent to an activating group) is 1. The Morgan fingerprint density at radius 3 is 1.95 bits per heavy atom. The van der Waals surface area contributed by atoms with Gasteiger partial charge in [0.1, 0.15) is 0 Å². The van der Waals surface area contributed by atoms with Crippen molar-refractivity contribution in [2.75, 3.05) is 13.7 Å². The third-order valence-corrected chi connectivity index (χ3v) is 3.86. The van der Waals surface area contributed by atoms with E-state index in [2.05, 4.69) is 68.3 Å². The summed E-state index contributed by atoms with van der Waals surface area (Å²) in [7, 11) is 2.15. The van der Waals surface area contributed by atoms with Crippen LogP contribution in [-0.2, 0) is 17.9 Å². The predicted octanol–water partition coefficient (Wildman–Crippen LogP) is 4.11. The van der Waals surface area contributed by atoms with Crippen molar-refractivity contribution in [1.29, 1.82) is 0 Å². The molecule has 0 saturated heterocycles. The van der Waals surface area contributed by atoms with Gasteiger partial charge >= 0.3 is 0 Å². The summed E-state index contributed by atoms with van der Waals surface area (Å²) in [6.45, 7) is 6.76. The van der Waals surface area contributed by atoms with Gasteiger partial charge in [0.05, 0.1) is 13.2 Å². The molecule has 0 aliphatic heterocycles.